The Hall–Kier alpha value is -0.870. The van der Waals surface area contributed by atoms with Gasteiger partial charge in [-0.15, -0.1) is 11.3 Å². The van der Waals surface area contributed by atoms with E-state index in [4.69, 9.17) is 0 Å². The number of rotatable bonds is 4. The van der Waals surface area contributed by atoms with E-state index in [-0.39, 0.29) is 18.0 Å². The molecule has 1 aliphatic rings. The second-order valence-corrected chi connectivity index (χ2v) is 5.37. The normalized spacial score (nSPS) is 21.9. The quantitative estimate of drug-likeness (QED) is 0.835. The third-order valence-electron chi connectivity index (χ3n) is 2.85. The van der Waals surface area contributed by atoms with Gasteiger partial charge in [-0.25, -0.2) is 0 Å². The Morgan fingerprint density at radius 2 is 2.62 bits per heavy atom. The van der Waals surface area contributed by atoms with Gasteiger partial charge >= 0.3 is 0 Å². The molecule has 2 rings (SSSR count). The van der Waals surface area contributed by atoms with E-state index in [9.17, 15) is 4.79 Å². The topological polar surface area (TPSA) is 41.1 Å². The molecule has 1 amide bonds. The minimum absolute atomic E-state index is 0.0331. The van der Waals surface area contributed by atoms with Gasteiger partial charge in [-0.3, -0.25) is 4.79 Å². The van der Waals surface area contributed by atoms with Gasteiger partial charge in [0.1, 0.15) is 0 Å². The molecule has 3 nitrogen and oxygen atoms in total. The molecule has 0 bridgehead atoms. The summed E-state index contributed by atoms with van der Waals surface area (Å²) in [5.41, 5.74) is 0. The van der Waals surface area contributed by atoms with Crippen LogP contribution in [0.3, 0.4) is 0 Å². The molecule has 1 fully saturated rings. The lowest BCUT2D eigenvalue weighted by Gasteiger charge is -2.16. The van der Waals surface area contributed by atoms with Crippen LogP contribution in [0.25, 0.3) is 0 Å². The van der Waals surface area contributed by atoms with Crippen molar-refractivity contribution in [1.29, 1.82) is 0 Å². The number of carbonyl (C=O) groups is 1. The number of thiophene rings is 1. The molecule has 1 aliphatic heterocycles. The third-order valence-corrected chi connectivity index (χ3v) is 3.75. The Bertz CT molecular complexity index is 331. The molecule has 88 valence electrons. The van der Waals surface area contributed by atoms with Gasteiger partial charge in [0.25, 0.3) is 0 Å². The summed E-state index contributed by atoms with van der Waals surface area (Å²) in [6.45, 7) is 3.03. The maximum atomic E-state index is 11.8. The second-order valence-electron chi connectivity index (χ2n) is 4.34. The van der Waals surface area contributed by atoms with Crippen LogP contribution in [0.2, 0.25) is 0 Å². The lowest BCUT2D eigenvalue weighted by molar-refractivity contribution is -0.123. The lowest BCUT2D eigenvalue weighted by atomic mass is 10.1. The first-order chi connectivity index (χ1) is 7.75. The molecule has 1 aromatic heterocycles. The van der Waals surface area contributed by atoms with E-state index in [1.54, 1.807) is 11.3 Å². The predicted octanol–water partition coefficient (Wildman–Crippen LogP) is 1.55. The number of amides is 1. The van der Waals surface area contributed by atoms with E-state index in [2.05, 4.69) is 29.0 Å². The second kappa shape index (κ2) is 5.46. The summed E-state index contributed by atoms with van der Waals surface area (Å²) in [5.74, 6) is 0.154. The first-order valence-electron chi connectivity index (χ1n) is 5.82. The maximum Gasteiger partial charge on any atom is 0.237 e. The standard InChI is InChI=1S/C12H18N2OS/c1-9(8-10-4-3-7-16-10)14-12(15)11-5-2-6-13-11/h3-4,7,9,11,13H,2,5-6,8H2,1H3,(H,14,15). The largest absolute Gasteiger partial charge is 0.352 e. The summed E-state index contributed by atoms with van der Waals surface area (Å²) in [7, 11) is 0. The SMILES string of the molecule is CC(Cc1cccs1)NC(=O)C1CCCN1. The first-order valence-corrected chi connectivity index (χ1v) is 6.70. The van der Waals surface area contributed by atoms with Crippen molar-refractivity contribution >= 4 is 17.2 Å². The van der Waals surface area contributed by atoms with Gasteiger partial charge in [0.05, 0.1) is 6.04 Å². The van der Waals surface area contributed by atoms with Crippen LogP contribution in [0.4, 0.5) is 0 Å². The predicted molar refractivity (Wildman–Crippen MR) is 66.7 cm³/mol. The van der Waals surface area contributed by atoms with Gasteiger partial charge in [0.15, 0.2) is 0 Å². The van der Waals surface area contributed by atoms with Crippen LogP contribution < -0.4 is 10.6 Å². The van der Waals surface area contributed by atoms with Crippen LogP contribution in [-0.4, -0.2) is 24.5 Å². The summed E-state index contributed by atoms with van der Waals surface area (Å²) in [5, 5.41) is 8.35. The first kappa shape index (κ1) is 11.6. The number of hydrogen-bond acceptors (Lipinski definition) is 3. The summed E-state index contributed by atoms with van der Waals surface area (Å²) < 4.78 is 0. The Kier molecular flexibility index (Phi) is 3.96. The molecule has 1 aromatic rings. The van der Waals surface area contributed by atoms with E-state index in [1.165, 1.54) is 4.88 Å². The molecular formula is C12H18N2OS. The van der Waals surface area contributed by atoms with Crippen molar-refractivity contribution in [1.82, 2.24) is 10.6 Å². The van der Waals surface area contributed by atoms with Gasteiger partial charge in [-0.1, -0.05) is 6.07 Å². The van der Waals surface area contributed by atoms with E-state index in [0.29, 0.717) is 0 Å². The molecule has 4 heteroatoms. The third kappa shape index (κ3) is 3.06. The van der Waals surface area contributed by atoms with Crippen molar-refractivity contribution in [2.45, 2.75) is 38.3 Å². The van der Waals surface area contributed by atoms with Crippen LogP contribution in [0.5, 0.6) is 0 Å². The molecule has 1 saturated heterocycles. The molecule has 0 radical (unpaired) electrons. The summed E-state index contributed by atoms with van der Waals surface area (Å²) in [6.07, 6.45) is 3.01. The lowest BCUT2D eigenvalue weighted by Crippen LogP contribution is -2.44. The van der Waals surface area contributed by atoms with Gasteiger partial charge < -0.3 is 10.6 Å². The molecule has 0 aliphatic carbocycles. The minimum atomic E-state index is 0.0331. The molecule has 0 spiro atoms. The van der Waals surface area contributed by atoms with Crippen LogP contribution in [0.1, 0.15) is 24.6 Å². The zero-order chi connectivity index (χ0) is 11.4. The van der Waals surface area contributed by atoms with E-state index in [0.717, 1.165) is 25.8 Å². The Morgan fingerprint density at radius 3 is 3.25 bits per heavy atom. The molecule has 2 heterocycles. The van der Waals surface area contributed by atoms with Crippen molar-refractivity contribution in [3.63, 3.8) is 0 Å². The molecule has 0 aromatic carbocycles. The Balaban J connectivity index is 1.78. The molecule has 0 saturated carbocycles. The summed E-state index contributed by atoms with van der Waals surface area (Å²) in [6, 6.07) is 4.41. The Labute approximate surface area is 100 Å². The average molecular weight is 238 g/mol. The van der Waals surface area contributed by atoms with Crippen molar-refractivity contribution < 1.29 is 4.79 Å². The number of nitrogens with one attached hydrogen (secondary N) is 2. The van der Waals surface area contributed by atoms with Gasteiger partial charge in [0, 0.05) is 17.3 Å². The van der Waals surface area contributed by atoms with Crippen molar-refractivity contribution in [3.8, 4) is 0 Å². The van der Waals surface area contributed by atoms with Gasteiger partial charge in [-0.05, 0) is 37.8 Å². The molecular weight excluding hydrogens is 220 g/mol. The van der Waals surface area contributed by atoms with Crippen molar-refractivity contribution in [2.75, 3.05) is 6.54 Å². The van der Waals surface area contributed by atoms with Gasteiger partial charge in [0.2, 0.25) is 5.91 Å². The highest BCUT2D eigenvalue weighted by Crippen LogP contribution is 2.11. The van der Waals surface area contributed by atoms with E-state index in [1.807, 2.05) is 6.07 Å². The fraction of sp³-hybridized carbons (Fsp3) is 0.583. The molecule has 2 N–H and O–H groups in total. The highest BCUT2D eigenvalue weighted by atomic mass is 32.1. The smallest absolute Gasteiger partial charge is 0.237 e. The fourth-order valence-electron chi connectivity index (χ4n) is 2.03. The summed E-state index contributed by atoms with van der Waals surface area (Å²) >= 11 is 1.74. The zero-order valence-electron chi connectivity index (χ0n) is 9.53. The van der Waals surface area contributed by atoms with E-state index < -0.39 is 0 Å². The average Bonchev–Trinajstić information content (AvgIpc) is 2.88. The number of carbonyl (C=O) groups excluding carboxylic acids is 1. The Morgan fingerprint density at radius 1 is 1.75 bits per heavy atom. The molecule has 2 unspecified atom stereocenters. The maximum absolute atomic E-state index is 11.8. The van der Waals surface area contributed by atoms with Crippen LogP contribution in [0.15, 0.2) is 17.5 Å². The monoisotopic (exact) mass is 238 g/mol. The summed E-state index contributed by atoms with van der Waals surface area (Å²) in [4.78, 5) is 13.1. The fourth-order valence-corrected chi connectivity index (χ4v) is 2.87. The zero-order valence-corrected chi connectivity index (χ0v) is 10.3. The van der Waals surface area contributed by atoms with Crippen molar-refractivity contribution in [2.24, 2.45) is 0 Å². The molecule has 2 atom stereocenters. The van der Waals surface area contributed by atoms with Crippen molar-refractivity contribution in [3.05, 3.63) is 22.4 Å². The van der Waals surface area contributed by atoms with Crippen LogP contribution in [0, 0.1) is 0 Å². The minimum Gasteiger partial charge on any atom is -0.352 e. The molecule has 16 heavy (non-hydrogen) atoms. The van der Waals surface area contributed by atoms with Crippen LogP contribution in [-0.2, 0) is 11.2 Å². The van der Waals surface area contributed by atoms with Gasteiger partial charge in [-0.2, -0.15) is 0 Å². The highest BCUT2D eigenvalue weighted by Gasteiger charge is 2.22. The van der Waals surface area contributed by atoms with Crippen LogP contribution >= 0.6 is 11.3 Å². The number of hydrogen-bond donors (Lipinski definition) is 2. The van der Waals surface area contributed by atoms with E-state index >= 15 is 0 Å². The highest BCUT2D eigenvalue weighted by molar-refractivity contribution is 7.09.